The Morgan fingerprint density at radius 3 is 2.92 bits per heavy atom. The number of thiophene rings is 1. The van der Waals surface area contributed by atoms with Crippen LogP contribution in [0.25, 0.3) is 10.2 Å². The SMILES string of the molecule is COCc1cc(C)nc2sc(C(=O)NC3CCCCC3C)c(N)c12. The molecule has 1 aliphatic carbocycles. The maximum absolute atomic E-state index is 12.8. The molecule has 24 heavy (non-hydrogen) atoms. The fourth-order valence-electron chi connectivity index (χ4n) is 3.54. The smallest absolute Gasteiger partial charge is 0.263 e. The molecule has 3 rings (SSSR count). The van der Waals surface area contributed by atoms with Crippen LogP contribution in [0.2, 0.25) is 0 Å². The van der Waals surface area contributed by atoms with Crippen molar-refractivity contribution in [3.05, 3.63) is 22.2 Å². The number of nitrogens with zero attached hydrogens (tertiary/aromatic N) is 1. The predicted octanol–water partition coefficient (Wildman–Crippen LogP) is 3.64. The van der Waals surface area contributed by atoms with Gasteiger partial charge in [0.25, 0.3) is 5.91 Å². The van der Waals surface area contributed by atoms with Crippen LogP contribution < -0.4 is 11.1 Å². The predicted molar refractivity (Wildman–Crippen MR) is 98.4 cm³/mol. The van der Waals surface area contributed by atoms with Crippen molar-refractivity contribution in [2.24, 2.45) is 5.92 Å². The molecular weight excluding hydrogens is 322 g/mol. The molecule has 6 heteroatoms. The molecule has 0 radical (unpaired) electrons. The number of fused-ring (bicyclic) bond motifs is 1. The van der Waals surface area contributed by atoms with E-state index in [9.17, 15) is 4.79 Å². The maximum atomic E-state index is 12.8. The second kappa shape index (κ2) is 7.07. The van der Waals surface area contributed by atoms with Crippen LogP contribution in [-0.2, 0) is 11.3 Å². The average molecular weight is 347 g/mol. The summed E-state index contributed by atoms with van der Waals surface area (Å²) < 4.78 is 5.27. The Kier molecular flexibility index (Phi) is 5.06. The Morgan fingerprint density at radius 1 is 1.46 bits per heavy atom. The van der Waals surface area contributed by atoms with E-state index in [4.69, 9.17) is 10.5 Å². The van der Waals surface area contributed by atoms with E-state index in [1.165, 1.54) is 30.6 Å². The molecule has 1 saturated carbocycles. The van der Waals surface area contributed by atoms with Crippen LogP contribution in [0, 0.1) is 12.8 Å². The van der Waals surface area contributed by atoms with Gasteiger partial charge in [-0.15, -0.1) is 11.3 Å². The number of ether oxygens (including phenoxy) is 1. The third-order valence-electron chi connectivity index (χ3n) is 4.84. The zero-order valence-corrected chi connectivity index (χ0v) is 15.3. The number of aryl methyl sites for hydroxylation is 1. The minimum absolute atomic E-state index is 0.0738. The van der Waals surface area contributed by atoms with Gasteiger partial charge in [0.05, 0.1) is 12.3 Å². The van der Waals surface area contributed by atoms with Crippen LogP contribution in [0.3, 0.4) is 0 Å². The number of pyridine rings is 1. The summed E-state index contributed by atoms with van der Waals surface area (Å²) >= 11 is 1.37. The van der Waals surface area contributed by atoms with Gasteiger partial charge < -0.3 is 15.8 Å². The molecule has 2 atom stereocenters. The van der Waals surface area contributed by atoms with Crippen LogP contribution >= 0.6 is 11.3 Å². The number of aromatic nitrogens is 1. The lowest BCUT2D eigenvalue weighted by molar-refractivity contribution is 0.0915. The highest BCUT2D eigenvalue weighted by atomic mass is 32.1. The van der Waals surface area contributed by atoms with E-state index >= 15 is 0 Å². The topological polar surface area (TPSA) is 77.2 Å². The monoisotopic (exact) mass is 347 g/mol. The molecule has 130 valence electrons. The summed E-state index contributed by atoms with van der Waals surface area (Å²) in [4.78, 5) is 18.7. The van der Waals surface area contributed by atoms with Crippen LogP contribution in [0.1, 0.15) is 53.5 Å². The molecule has 1 aliphatic rings. The van der Waals surface area contributed by atoms with E-state index < -0.39 is 0 Å². The van der Waals surface area contributed by atoms with Crippen LogP contribution in [0.15, 0.2) is 6.07 Å². The van der Waals surface area contributed by atoms with Gasteiger partial charge in [-0.25, -0.2) is 4.98 Å². The number of nitrogen functional groups attached to an aromatic ring is 1. The first-order chi connectivity index (χ1) is 11.5. The quantitative estimate of drug-likeness (QED) is 0.885. The van der Waals surface area contributed by atoms with Gasteiger partial charge in [0.15, 0.2) is 0 Å². The first-order valence-electron chi connectivity index (χ1n) is 8.49. The number of rotatable bonds is 4. The first-order valence-corrected chi connectivity index (χ1v) is 9.31. The number of carbonyl (C=O) groups is 1. The molecular formula is C18H25N3O2S. The Morgan fingerprint density at radius 2 is 2.21 bits per heavy atom. The van der Waals surface area contributed by atoms with Crippen molar-refractivity contribution in [1.29, 1.82) is 0 Å². The molecule has 2 unspecified atom stereocenters. The summed E-state index contributed by atoms with van der Waals surface area (Å²) in [5.41, 5.74) is 8.73. The molecule has 0 saturated heterocycles. The molecule has 0 bridgehead atoms. The second-order valence-corrected chi connectivity index (χ2v) is 7.72. The molecule has 2 heterocycles. The average Bonchev–Trinajstić information content (AvgIpc) is 2.86. The molecule has 0 aliphatic heterocycles. The summed E-state index contributed by atoms with van der Waals surface area (Å²) in [6.07, 6.45) is 4.65. The number of nitrogens with one attached hydrogen (secondary N) is 1. The summed E-state index contributed by atoms with van der Waals surface area (Å²) in [6, 6.07) is 2.21. The van der Waals surface area contributed by atoms with Crippen LogP contribution in [0.4, 0.5) is 5.69 Å². The van der Waals surface area contributed by atoms with Crippen molar-refractivity contribution in [2.45, 2.75) is 52.2 Å². The zero-order valence-electron chi connectivity index (χ0n) is 14.5. The first kappa shape index (κ1) is 17.2. The largest absolute Gasteiger partial charge is 0.397 e. The fourth-order valence-corrected chi connectivity index (χ4v) is 4.63. The molecule has 5 nitrogen and oxygen atoms in total. The summed E-state index contributed by atoms with van der Waals surface area (Å²) in [7, 11) is 1.65. The van der Waals surface area contributed by atoms with Gasteiger partial charge in [0, 0.05) is 24.2 Å². The normalized spacial score (nSPS) is 21.1. The molecule has 2 aromatic rings. The minimum atomic E-state index is -0.0738. The van der Waals surface area contributed by atoms with Crippen molar-refractivity contribution in [3.8, 4) is 0 Å². The van der Waals surface area contributed by atoms with Crippen molar-refractivity contribution in [3.63, 3.8) is 0 Å². The molecule has 2 aromatic heterocycles. The van der Waals surface area contributed by atoms with E-state index in [1.54, 1.807) is 7.11 Å². The molecule has 1 amide bonds. The maximum Gasteiger partial charge on any atom is 0.263 e. The van der Waals surface area contributed by atoms with Crippen molar-refractivity contribution in [1.82, 2.24) is 10.3 Å². The highest BCUT2D eigenvalue weighted by Gasteiger charge is 2.26. The number of carbonyl (C=O) groups excluding carboxylic acids is 1. The van der Waals surface area contributed by atoms with Crippen molar-refractivity contribution < 1.29 is 9.53 Å². The lowest BCUT2D eigenvalue weighted by Crippen LogP contribution is -2.40. The van der Waals surface area contributed by atoms with Gasteiger partial charge in [0.2, 0.25) is 0 Å². The van der Waals surface area contributed by atoms with E-state index in [0.29, 0.717) is 23.1 Å². The summed E-state index contributed by atoms with van der Waals surface area (Å²) in [6.45, 7) is 4.61. The lowest BCUT2D eigenvalue weighted by Gasteiger charge is -2.29. The van der Waals surface area contributed by atoms with E-state index in [1.807, 2.05) is 13.0 Å². The number of nitrogens with two attached hydrogens (primary N) is 1. The zero-order chi connectivity index (χ0) is 17.3. The van der Waals surface area contributed by atoms with Crippen molar-refractivity contribution in [2.75, 3.05) is 12.8 Å². The lowest BCUT2D eigenvalue weighted by atomic mass is 9.86. The Balaban J connectivity index is 1.93. The van der Waals surface area contributed by atoms with Crippen LogP contribution in [-0.4, -0.2) is 24.0 Å². The Labute approximate surface area is 146 Å². The number of hydrogen-bond donors (Lipinski definition) is 2. The van der Waals surface area contributed by atoms with Gasteiger partial charge in [-0.2, -0.15) is 0 Å². The number of amides is 1. The molecule has 1 fully saturated rings. The molecule has 0 spiro atoms. The van der Waals surface area contributed by atoms with Gasteiger partial charge in [-0.3, -0.25) is 4.79 Å². The third kappa shape index (κ3) is 3.26. The summed E-state index contributed by atoms with van der Waals surface area (Å²) in [5.74, 6) is 0.443. The van der Waals surface area contributed by atoms with E-state index in [2.05, 4.69) is 17.2 Å². The Hall–Kier alpha value is -1.66. The highest BCUT2D eigenvalue weighted by molar-refractivity contribution is 7.21. The van der Waals surface area contributed by atoms with Crippen LogP contribution in [0.5, 0.6) is 0 Å². The molecule has 3 N–H and O–H groups in total. The number of methoxy groups -OCH3 is 1. The number of hydrogen-bond acceptors (Lipinski definition) is 5. The molecule has 0 aromatic carbocycles. The van der Waals surface area contributed by atoms with Gasteiger partial charge in [-0.1, -0.05) is 19.8 Å². The summed E-state index contributed by atoms with van der Waals surface area (Å²) in [5, 5.41) is 4.04. The van der Waals surface area contributed by atoms with Gasteiger partial charge in [0.1, 0.15) is 9.71 Å². The Bertz CT molecular complexity index is 756. The third-order valence-corrected chi connectivity index (χ3v) is 5.94. The highest BCUT2D eigenvalue weighted by Crippen LogP contribution is 2.36. The standard InChI is InChI=1S/C18H25N3O2S/c1-10-6-4-5-7-13(10)21-17(22)16-15(19)14-12(9-23-3)8-11(2)20-18(14)24-16/h8,10,13H,4-7,9,19H2,1-3H3,(H,21,22). The number of anilines is 1. The second-order valence-electron chi connectivity index (χ2n) is 6.72. The van der Waals surface area contributed by atoms with Gasteiger partial charge in [-0.05, 0) is 37.3 Å². The van der Waals surface area contributed by atoms with E-state index in [-0.39, 0.29) is 11.9 Å². The van der Waals surface area contributed by atoms with Gasteiger partial charge >= 0.3 is 0 Å². The fraction of sp³-hybridized carbons (Fsp3) is 0.556. The van der Waals surface area contributed by atoms with Crippen molar-refractivity contribution >= 4 is 33.1 Å². The van der Waals surface area contributed by atoms with E-state index in [0.717, 1.165) is 27.9 Å². The minimum Gasteiger partial charge on any atom is -0.397 e.